The van der Waals surface area contributed by atoms with Crippen molar-refractivity contribution in [2.45, 2.75) is 32.2 Å². The van der Waals surface area contributed by atoms with Gasteiger partial charge in [0.1, 0.15) is 11.6 Å². The van der Waals surface area contributed by atoms with Crippen molar-refractivity contribution in [2.24, 2.45) is 0 Å². The van der Waals surface area contributed by atoms with Crippen LogP contribution in [0.3, 0.4) is 0 Å². The molecule has 1 aromatic heterocycles. The van der Waals surface area contributed by atoms with Gasteiger partial charge in [0.15, 0.2) is 0 Å². The number of aromatic nitrogens is 1. The molecular formula is C24H26N4O4. The van der Waals surface area contributed by atoms with Gasteiger partial charge in [0.05, 0.1) is 18.8 Å². The number of nitrogens with zero attached hydrogens (tertiary/aromatic N) is 4. The molecule has 0 saturated carbocycles. The molecule has 0 radical (unpaired) electrons. The van der Waals surface area contributed by atoms with E-state index >= 15 is 0 Å². The maximum atomic E-state index is 13.5. The second kappa shape index (κ2) is 7.62. The summed E-state index contributed by atoms with van der Waals surface area (Å²) in [5, 5.41) is 0. The monoisotopic (exact) mass is 434 g/mol. The van der Waals surface area contributed by atoms with Gasteiger partial charge in [-0.15, -0.1) is 0 Å². The van der Waals surface area contributed by atoms with Crippen molar-refractivity contribution in [2.75, 3.05) is 33.2 Å². The number of carbonyl (C=O) groups excluding carboxylic acids is 3. The lowest BCUT2D eigenvalue weighted by Crippen LogP contribution is -2.66. The van der Waals surface area contributed by atoms with E-state index in [1.54, 1.807) is 35.7 Å². The first-order valence-electron chi connectivity index (χ1n) is 11.0. The Morgan fingerprint density at radius 3 is 2.69 bits per heavy atom. The standard InChI is InChI=1S/C24H26N4O4/c1-15-9-10-28(18-8-4-6-16-5-3-7-17(16)18)24(32)21(15)23(31)26-11-12-27-19(13-26)22(30)25(2)14-20(27)29/h4,6,8-10,19H,3,5,7,11-14H2,1-2H3. The van der Waals surface area contributed by atoms with E-state index in [0.717, 1.165) is 24.9 Å². The molecule has 0 N–H and O–H groups in total. The van der Waals surface area contributed by atoms with Crippen molar-refractivity contribution >= 4 is 17.7 Å². The highest BCUT2D eigenvalue weighted by Gasteiger charge is 2.42. The maximum Gasteiger partial charge on any atom is 0.268 e. The lowest BCUT2D eigenvalue weighted by Gasteiger charge is -2.45. The molecule has 2 saturated heterocycles. The van der Waals surface area contributed by atoms with E-state index in [0.29, 0.717) is 18.7 Å². The summed E-state index contributed by atoms with van der Waals surface area (Å²) in [7, 11) is 1.59. The number of aryl methyl sites for hydroxylation is 2. The summed E-state index contributed by atoms with van der Waals surface area (Å²) < 4.78 is 1.57. The van der Waals surface area contributed by atoms with Crippen LogP contribution in [-0.4, -0.2) is 76.3 Å². The van der Waals surface area contributed by atoms with Crippen LogP contribution in [0, 0.1) is 6.92 Å². The van der Waals surface area contributed by atoms with Crippen LogP contribution < -0.4 is 5.56 Å². The number of amides is 3. The zero-order valence-electron chi connectivity index (χ0n) is 18.3. The van der Waals surface area contributed by atoms with Crippen molar-refractivity contribution < 1.29 is 14.4 Å². The van der Waals surface area contributed by atoms with Gasteiger partial charge >= 0.3 is 0 Å². The highest BCUT2D eigenvalue weighted by Crippen LogP contribution is 2.27. The highest BCUT2D eigenvalue weighted by molar-refractivity contribution is 5.98. The second-order valence-corrected chi connectivity index (χ2v) is 8.87. The lowest BCUT2D eigenvalue weighted by atomic mass is 10.0. The van der Waals surface area contributed by atoms with Crippen molar-refractivity contribution in [3.05, 3.63) is 63.1 Å². The summed E-state index contributed by atoms with van der Waals surface area (Å²) in [4.78, 5) is 56.4. The Morgan fingerprint density at radius 2 is 1.88 bits per heavy atom. The van der Waals surface area contributed by atoms with E-state index < -0.39 is 6.04 Å². The zero-order chi connectivity index (χ0) is 22.6. The molecular weight excluding hydrogens is 408 g/mol. The molecule has 1 aliphatic carbocycles. The zero-order valence-corrected chi connectivity index (χ0v) is 18.3. The predicted molar refractivity (Wildman–Crippen MR) is 118 cm³/mol. The Kier molecular flexibility index (Phi) is 4.87. The molecule has 5 rings (SSSR count). The van der Waals surface area contributed by atoms with Crippen molar-refractivity contribution in [1.82, 2.24) is 19.3 Å². The van der Waals surface area contributed by atoms with Gasteiger partial charge in [0, 0.05) is 26.3 Å². The molecule has 1 atom stereocenters. The first-order valence-corrected chi connectivity index (χ1v) is 11.0. The van der Waals surface area contributed by atoms with E-state index in [4.69, 9.17) is 0 Å². The van der Waals surface area contributed by atoms with Gasteiger partial charge in [-0.05, 0) is 55.0 Å². The Bertz CT molecular complexity index is 1200. The van der Waals surface area contributed by atoms with E-state index in [2.05, 4.69) is 6.07 Å². The lowest BCUT2D eigenvalue weighted by molar-refractivity contribution is -0.157. The van der Waals surface area contributed by atoms with Crippen LogP contribution in [0.25, 0.3) is 5.69 Å². The number of rotatable bonds is 2. The third kappa shape index (κ3) is 3.13. The van der Waals surface area contributed by atoms with Crippen molar-refractivity contribution in [1.29, 1.82) is 0 Å². The molecule has 2 fully saturated rings. The molecule has 0 spiro atoms. The summed E-state index contributed by atoms with van der Waals surface area (Å²) in [5.41, 5.74) is 3.64. The van der Waals surface area contributed by atoms with E-state index in [1.165, 1.54) is 20.9 Å². The number of piperazine rings is 2. The molecule has 2 aliphatic heterocycles. The third-order valence-corrected chi connectivity index (χ3v) is 6.92. The summed E-state index contributed by atoms with van der Waals surface area (Å²) in [5.74, 6) is -0.674. The van der Waals surface area contributed by atoms with Gasteiger partial charge in [-0.3, -0.25) is 23.7 Å². The van der Waals surface area contributed by atoms with Gasteiger partial charge in [0.25, 0.3) is 11.5 Å². The van der Waals surface area contributed by atoms with Gasteiger partial charge < -0.3 is 14.7 Å². The molecule has 3 heterocycles. The predicted octanol–water partition coefficient (Wildman–Crippen LogP) is 0.760. The second-order valence-electron chi connectivity index (χ2n) is 8.87. The third-order valence-electron chi connectivity index (χ3n) is 6.92. The fourth-order valence-corrected chi connectivity index (χ4v) is 5.16. The van der Waals surface area contributed by atoms with E-state index in [9.17, 15) is 19.2 Å². The molecule has 0 bridgehead atoms. The van der Waals surface area contributed by atoms with Crippen molar-refractivity contribution in [3.8, 4) is 5.69 Å². The molecule has 3 amide bonds. The average molecular weight is 434 g/mol. The van der Waals surface area contributed by atoms with Gasteiger partial charge in [0.2, 0.25) is 11.8 Å². The molecule has 2 aromatic rings. The van der Waals surface area contributed by atoms with Crippen LogP contribution in [0.15, 0.2) is 35.3 Å². The van der Waals surface area contributed by atoms with Crippen LogP contribution in [0.1, 0.15) is 33.5 Å². The van der Waals surface area contributed by atoms with Crippen LogP contribution >= 0.6 is 0 Å². The maximum absolute atomic E-state index is 13.5. The Morgan fingerprint density at radius 1 is 1.06 bits per heavy atom. The fraction of sp³-hybridized carbons (Fsp3) is 0.417. The van der Waals surface area contributed by atoms with Crippen molar-refractivity contribution in [3.63, 3.8) is 0 Å². The Balaban J connectivity index is 1.49. The minimum Gasteiger partial charge on any atom is -0.335 e. The Hall–Kier alpha value is -3.42. The molecule has 8 nitrogen and oxygen atoms in total. The number of pyridine rings is 1. The topological polar surface area (TPSA) is 82.9 Å². The first kappa shape index (κ1) is 20.5. The smallest absolute Gasteiger partial charge is 0.268 e. The van der Waals surface area contributed by atoms with E-state index in [1.807, 2.05) is 12.1 Å². The molecule has 8 heteroatoms. The average Bonchev–Trinajstić information content (AvgIpc) is 3.26. The molecule has 3 aliphatic rings. The van der Waals surface area contributed by atoms with Gasteiger partial charge in [-0.25, -0.2) is 0 Å². The fourth-order valence-electron chi connectivity index (χ4n) is 5.16. The SMILES string of the molecule is Cc1ccn(-c2cccc3c2CCC3)c(=O)c1C(=O)N1CCN2C(=O)CN(C)C(=O)C2C1. The molecule has 166 valence electrons. The normalized spacial score (nSPS) is 20.4. The molecule has 32 heavy (non-hydrogen) atoms. The minimum absolute atomic E-state index is 0.0627. The number of fused-ring (bicyclic) bond motifs is 2. The van der Waals surface area contributed by atoms with Crippen LogP contribution in [0.2, 0.25) is 0 Å². The van der Waals surface area contributed by atoms with Crippen LogP contribution in [-0.2, 0) is 22.4 Å². The van der Waals surface area contributed by atoms with Gasteiger partial charge in [-0.1, -0.05) is 12.1 Å². The molecule has 1 aromatic carbocycles. The minimum atomic E-state index is -0.692. The number of benzene rings is 1. The van der Waals surface area contributed by atoms with E-state index in [-0.39, 0.29) is 41.9 Å². The summed E-state index contributed by atoms with van der Waals surface area (Å²) in [6, 6.07) is 7.07. The number of hydrogen-bond donors (Lipinski definition) is 0. The number of hydrogen-bond acceptors (Lipinski definition) is 4. The quantitative estimate of drug-likeness (QED) is 0.699. The summed E-state index contributed by atoms with van der Waals surface area (Å²) >= 11 is 0. The summed E-state index contributed by atoms with van der Waals surface area (Å²) in [6.45, 7) is 2.51. The summed E-state index contributed by atoms with van der Waals surface area (Å²) in [6.07, 6.45) is 4.72. The number of likely N-dealkylation sites (N-methyl/N-ethyl adjacent to an activating group) is 1. The first-order chi connectivity index (χ1) is 15.4. The highest BCUT2D eigenvalue weighted by atomic mass is 16.2. The van der Waals surface area contributed by atoms with Crippen LogP contribution in [0.5, 0.6) is 0 Å². The number of carbonyl (C=O) groups is 3. The van der Waals surface area contributed by atoms with Gasteiger partial charge in [-0.2, -0.15) is 0 Å². The Labute approximate surface area is 186 Å². The van der Waals surface area contributed by atoms with Crippen LogP contribution in [0.4, 0.5) is 0 Å². The molecule has 1 unspecified atom stereocenters. The largest absolute Gasteiger partial charge is 0.335 e.